The molecule has 110 valence electrons. The normalized spacial score (nSPS) is 26.2. The number of carboxylic acids is 1. The highest BCUT2D eigenvalue weighted by Crippen LogP contribution is 2.34. The van der Waals surface area contributed by atoms with Gasteiger partial charge in [0, 0.05) is 0 Å². The van der Waals surface area contributed by atoms with E-state index in [1.165, 1.54) is 0 Å². The third-order valence-electron chi connectivity index (χ3n) is 4.24. The molecule has 0 unspecified atom stereocenters. The Labute approximate surface area is 119 Å². The second-order valence-corrected chi connectivity index (χ2v) is 5.88. The molecule has 1 aromatic rings. The minimum Gasteiger partial charge on any atom is -0.478 e. The Hall–Kier alpha value is -1.62. The van der Waals surface area contributed by atoms with Crippen LogP contribution in [0.1, 0.15) is 48.7 Å². The minimum absolute atomic E-state index is 0.0706. The summed E-state index contributed by atoms with van der Waals surface area (Å²) < 4.78 is 0. The third kappa shape index (κ3) is 3.10. The number of rotatable bonds is 4. The van der Waals surface area contributed by atoms with E-state index in [1.54, 1.807) is 19.1 Å². The van der Waals surface area contributed by atoms with Crippen molar-refractivity contribution in [3.05, 3.63) is 23.4 Å². The summed E-state index contributed by atoms with van der Waals surface area (Å²) in [7, 11) is 0. The maximum Gasteiger partial charge on any atom is 0.337 e. The van der Waals surface area contributed by atoms with Crippen LogP contribution in [0.25, 0.3) is 0 Å². The van der Waals surface area contributed by atoms with E-state index in [2.05, 4.69) is 17.2 Å². The van der Waals surface area contributed by atoms with Gasteiger partial charge in [0.25, 0.3) is 0 Å². The molecule has 0 amide bonds. The summed E-state index contributed by atoms with van der Waals surface area (Å²) in [6.07, 6.45) is 3.98. The maximum absolute atomic E-state index is 11.0. The molecule has 1 aromatic heterocycles. The van der Waals surface area contributed by atoms with Crippen LogP contribution in [0.3, 0.4) is 0 Å². The van der Waals surface area contributed by atoms with Crippen LogP contribution in [0.5, 0.6) is 0 Å². The van der Waals surface area contributed by atoms with Crippen molar-refractivity contribution in [3.63, 3.8) is 0 Å². The molecule has 5 nitrogen and oxygen atoms in total. The number of carboxylic acid groups (broad SMARTS) is 1. The lowest BCUT2D eigenvalue weighted by molar-refractivity contribution is 0.0695. The Bertz CT molecular complexity index is 494. The van der Waals surface area contributed by atoms with Gasteiger partial charge in [-0.2, -0.15) is 0 Å². The van der Waals surface area contributed by atoms with Crippen LogP contribution >= 0.6 is 0 Å². The highest BCUT2D eigenvalue weighted by molar-refractivity contribution is 5.89. The molecule has 1 aliphatic rings. The summed E-state index contributed by atoms with van der Waals surface area (Å²) in [5, 5.41) is 22.0. The number of aryl methyl sites for hydroxylation is 1. The van der Waals surface area contributed by atoms with Crippen molar-refractivity contribution >= 4 is 11.8 Å². The van der Waals surface area contributed by atoms with E-state index in [0.29, 0.717) is 17.4 Å². The minimum atomic E-state index is -0.968. The molecular weight excluding hydrogens is 256 g/mol. The van der Waals surface area contributed by atoms with Crippen molar-refractivity contribution in [2.45, 2.75) is 45.1 Å². The number of nitrogens with one attached hydrogen (secondary N) is 1. The monoisotopic (exact) mass is 278 g/mol. The second-order valence-electron chi connectivity index (χ2n) is 5.88. The third-order valence-corrected chi connectivity index (χ3v) is 4.24. The predicted octanol–water partition coefficient (Wildman–Crippen LogP) is 2.44. The highest BCUT2D eigenvalue weighted by atomic mass is 16.4. The molecule has 1 fully saturated rings. The summed E-state index contributed by atoms with van der Waals surface area (Å²) in [5.41, 5.74) is 0.377. The Balaban J connectivity index is 2.16. The number of pyridine rings is 1. The summed E-state index contributed by atoms with van der Waals surface area (Å²) in [6.45, 7) is 3.98. The zero-order chi connectivity index (χ0) is 14.8. The first kappa shape index (κ1) is 14.8. The van der Waals surface area contributed by atoms with Crippen molar-refractivity contribution in [2.24, 2.45) is 5.92 Å². The zero-order valence-corrected chi connectivity index (χ0v) is 12.0. The number of aromatic nitrogens is 1. The number of anilines is 1. The standard InChI is InChI=1S/C15H22N2O3/c1-10-5-7-15(9-18,8-6-10)17-13-4-3-12(14(19)20)11(2)16-13/h3-4,10,18H,5-9H2,1-2H3,(H,16,17)(H,19,20). The lowest BCUT2D eigenvalue weighted by atomic mass is 9.77. The van der Waals surface area contributed by atoms with Crippen LogP contribution in [-0.2, 0) is 0 Å². The summed E-state index contributed by atoms with van der Waals surface area (Å²) >= 11 is 0. The molecule has 1 heterocycles. The fourth-order valence-corrected chi connectivity index (χ4v) is 2.77. The van der Waals surface area contributed by atoms with Crippen LogP contribution in [0.4, 0.5) is 5.82 Å². The quantitative estimate of drug-likeness (QED) is 0.788. The molecular formula is C15H22N2O3. The largest absolute Gasteiger partial charge is 0.478 e. The van der Waals surface area contributed by atoms with Crippen molar-refractivity contribution in [1.82, 2.24) is 4.98 Å². The molecule has 0 spiro atoms. The van der Waals surface area contributed by atoms with Crippen molar-refractivity contribution < 1.29 is 15.0 Å². The maximum atomic E-state index is 11.0. The SMILES string of the molecule is Cc1nc(NC2(CO)CCC(C)CC2)ccc1C(=O)O. The van der Waals surface area contributed by atoms with Gasteiger partial charge in [0.1, 0.15) is 5.82 Å². The van der Waals surface area contributed by atoms with Gasteiger partial charge >= 0.3 is 5.97 Å². The number of aromatic carboxylic acids is 1. The molecule has 0 aliphatic heterocycles. The lowest BCUT2D eigenvalue weighted by Crippen LogP contribution is -2.45. The van der Waals surface area contributed by atoms with Gasteiger partial charge in [-0.1, -0.05) is 6.92 Å². The molecule has 0 atom stereocenters. The smallest absolute Gasteiger partial charge is 0.337 e. The zero-order valence-electron chi connectivity index (χ0n) is 12.0. The first-order valence-electron chi connectivity index (χ1n) is 7.06. The van der Waals surface area contributed by atoms with Crippen LogP contribution < -0.4 is 5.32 Å². The average molecular weight is 278 g/mol. The van der Waals surface area contributed by atoms with Crippen LogP contribution in [0.2, 0.25) is 0 Å². The number of hydrogen-bond acceptors (Lipinski definition) is 4. The summed E-state index contributed by atoms with van der Waals surface area (Å²) in [5.74, 6) is 0.363. The summed E-state index contributed by atoms with van der Waals surface area (Å²) in [4.78, 5) is 15.3. The second kappa shape index (κ2) is 5.79. The fourth-order valence-electron chi connectivity index (χ4n) is 2.77. The highest BCUT2D eigenvalue weighted by Gasteiger charge is 2.33. The number of carbonyl (C=O) groups is 1. The fraction of sp³-hybridized carbons (Fsp3) is 0.600. The van der Waals surface area contributed by atoms with Crippen LogP contribution in [-0.4, -0.2) is 33.3 Å². The Morgan fingerprint density at radius 2 is 2.10 bits per heavy atom. The van der Waals surface area contributed by atoms with E-state index in [1.807, 2.05) is 0 Å². The van der Waals surface area contributed by atoms with Gasteiger partial charge in [-0.05, 0) is 50.7 Å². The average Bonchev–Trinajstić information content (AvgIpc) is 2.41. The molecule has 0 bridgehead atoms. The van der Waals surface area contributed by atoms with Gasteiger partial charge in [0.15, 0.2) is 0 Å². The Kier molecular flexibility index (Phi) is 4.28. The van der Waals surface area contributed by atoms with E-state index in [-0.39, 0.29) is 17.7 Å². The number of hydrogen-bond donors (Lipinski definition) is 3. The van der Waals surface area contributed by atoms with Gasteiger partial charge in [0.05, 0.1) is 23.4 Å². The topological polar surface area (TPSA) is 82.5 Å². The molecule has 1 saturated carbocycles. The van der Waals surface area contributed by atoms with Crippen molar-refractivity contribution in [1.29, 1.82) is 0 Å². The van der Waals surface area contributed by atoms with E-state index in [4.69, 9.17) is 5.11 Å². The summed E-state index contributed by atoms with van der Waals surface area (Å²) in [6, 6.07) is 3.23. The number of aliphatic hydroxyl groups is 1. The van der Waals surface area contributed by atoms with Gasteiger partial charge in [-0.25, -0.2) is 9.78 Å². The van der Waals surface area contributed by atoms with Gasteiger partial charge in [-0.15, -0.1) is 0 Å². The number of aliphatic hydroxyl groups excluding tert-OH is 1. The van der Waals surface area contributed by atoms with Gasteiger partial charge < -0.3 is 15.5 Å². The Morgan fingerprint density at radius 1 is 1.45 bits per heavy atom. The van der Waals surface area contributed by atoms with E-state index < -0.39 is 5.97 Å². The van der Waals surface area contributed by atoms with E-state index in [0.717, 1.165) is 25.7 Å². The molecule has 0 aromatic carbocycles. The van der Waals surface area contributed by atoms with Gasteiger partial charge in [0.2, 0.25) is 0 Å². The van der Waals surface area contributed by atoms with E-state index >= 15 is 0 Å². The predicted molar refractivity (Wildman–Crippen MR) is 77.0 cm³/mol. The molecule has 2 rings (SSSR count). The molecule has 5 heteroatoms. The molecule has 0 saturated heterocycles. The van der Waals surface area contributed by atoms with Crippen LogP contribution in [0, 0.1) is 12.8 Å². The number of nitrogens with zero attached hydrogens (tertiary/aromatic N) is 1. The Morgan fingerprint density at radius 3 is 2.60 bits per heavy atom. The van der Waals surface area contributed by atoms with Crippen molar-refractivity contribution in [3.8, 4) is 0 Å². The molecule has 1 aliphatic carbocycles. The first-order chi connectivity index (χ1) is 9.46. The lowest BCUT2D eigenvalue weighted by Gasteiger charge is -2.39. The van der Waals surface area contributed by atoms with Gasteiger partial charge in [-0.3, -0.25) is 0 Å². The molecule has 0 radical (unpaired) electrons. The molecule has 20 heavy (non-hydrogen) atoms. The van der Waals surface area contributed by atoms with Crippen LogP contribution in [0.15, 0.2) is 12.1 Å². The van der Waals surface area contributed by atoms with E-state index in [9.17, 15) is 9.90 Å². The van der Waals surface area contributed by atoms with Crippen molar-refractivity contribution in [2.75, 3.05) is 11.9 Å². The molecule has 3 N–H and O–H groups in total. The first-order valence-corrected chi connectivity index (χ1v) is 7.06.